The van der Waals surface area contributed by atoms with Crippen LogP contribution >= 0.6 is 0 Å². The van der Waals surface area contributed by atoms with Gasteiger partial charge in [-0.3, -0.25) is 9.59 Å². The minimum Gasteiger partial charge on any atom is -0.350 e. The van der Waals surface area contributed by atoms with E-state index in [4.69, 9.17) is 0 Å². The van der Waals surface area contributed by atoms with Crippen molar-refractivity contribution in [2.75, 3.05) is 10.2 Å². The summed E-state index contributed by atoms with van der Waals surface area (Å²) in [6.07, 6.45) is 0. The summed E-state index contributed by atoms with van der Waals surface area (Å²) in [6.45, 7) is 3.76. The number of hydrogen-bond donors (Lipinski definition) is 1. The molecule has 0 aromatic heterocycles. The first-order chi connectivity index (χ1) is 14.0. The summed E-state index contributed by atoms with van der Waals surface area (Å²) < 4.78 is 13.4. The number of amides is 2. The minimum atomic E-state index is -0.438. The number of imide groups is 1. The molecule has 3 aromatic rings. The highest BCUT2D eigenvalue weighted by atomic mass is 19.1. The van der Waals surface area contributed by atoms with E-state index in [0.29, 0.717) is 16.9 Å². The van der Waals surface area contributed by atoms with Crippen molar-refractivity contribution in [3.63, 3.8) is 0 Å². The molecule has 29 heavy (non-hydrogen) atoms. The van der Waals surface area contributed by atoms with Crippen molar-refractivity contribution in [3.05, 3.63) is 101 Å². The van der Waals surface area contributed by atoms with Crippen LogP contribution in [0.5, 0.6) is 0 Å². The Balaban J connectivity index is 1.85. The Morgan fingerprint density at radius 3 is 2.21 bits per heavy atom. The molecule has 0 radical (unpaired) electrons. The van der Waals surface area contributed by atoms with E-state index >= 15 is 0 Å². The lowest BCUT2D eigenvalue weighted by Crippen LogP contribution is -2.33. The van der Waals surface area contributed by atoms with Crippen molar-refractivity contribution in [3.8, 4) is 0 Å². The molecule has 0 aliphatic carbocycles. The summed E-state index contributed by atoms with van der Waals surface area (Å²) in [7, 11) is 0. The SMILES string of the molecule is Cc1ccc(C)c(N2C(=O)C(Nc3ccccc3)=C(c3ccc(F)cc3)C2=O)c1. The summed E-state index contributed by atoms with van der Waals surface area (Å²) in [5.74, 6) is -1.28. The van der Waals surface area contributed by atoms with Crippen LogP contribution in [-0.4, -0.2) is 11.8 Å². The van der Waals surface area contributed by atoms with Gasteiger partial charge in [0.1, 0.15) is 11.5 Å². The number of rotatable bonds is 4. The highest BCUT2D eigenvalue weighted by Crippen LogP contribution is 2.35. The number of halogens is 1. The smallest absolute Gasteiger partial charge is 0.282 e. The predicted molar refractivity (Wildman–Crippen MR) is 112 cm³/mol. The first-order valence-electron chi connectivity index (χ1n) is 9.24. The fourth-order valence-electron chi connectivity index (χ4n) is 3.37. The second-order valence-corrected chi connectivity index (χ2v) is 6.98. The van der Waals surface area contributed by atoms with Gasteiger partial charge in [0.2, 0.25) is 0 Å². The molecule has 1 N–H and O–H groups in total. The summed E-state index contributed by atoms with van der Waals surface area (Å²) >= 11 is 0. The molecular formula is C24H19FN2O2. The van der Waals surface area contributed by atoms with Gasteiger partial charge >= 0.3 is 0 Å². The Labute approximate surface area is 168 Å². The van der Waals surface area contributed by atoms with Crippen LogP contribution in [0.25, 0.3) is 5.57 Å². The van der Waals surface area contributed by atoms with Crippen LogP contribution in [0, 0.1) is 19.7 Å². The number of para-hydroxylation sites is 1. The highest BCUT2D eigenvalue weighted by Gasteiger charge is 2.40. The fraction of sp³-hybridized carbons (Fsp3) is 0.0833. The maximum Gasteiger partial charge on any atom is 0.282 e. The molecule has 0 fully saturated rings. The molecule has 4 rings (SSSR count). The molecule has 1 heterocycles. The minimum absolute atomic E-state index is 0.175. The number of carbonyl (C=O) groups excluding carboxylic acids is 2. The molecule has 144 valence electrons. The molecule has 1 aliphatic heterocycles. The average molecular weight is 386 g/mol. The second kappa shape index (κ2) is 7.36. The van der Waals surface area contributed by atoms with Crippen LogP contribution in [0.3, 0.4) is 0 Å². The Morgan fingerprint density at radius 1 is 0.828 bits per heavy atom. The van der Waals surface area contributed by atoms with E-state index in [1.165, 1.54) is 29.2 Å². The topological polar surface area (TPSA) is 49.4 Å². The van der Waals surface area contributed by atoms with E-state index in [1.54, 1.807) is 0 Å². The zero-order valence-electron chi connectivity index (χ0n) is 16.1. The molecule has 0 atom stereocenters. The molecule has 0 saturated carbocycles. The summed E-state index contributed by atoms with van der Waals surface area (Å²) in [4.78, 5) is 27.9. The van der Waals surface area contributed by atoms with E-state index in [-0.39, 0.29) is 11.3 Å². The highest BCUT2D eigenvalue weighted by molar-refractivity contribution is 6.46. The fourth-order valence-corrected chi connectivity index (χ4v) is 3.37. The number of nitrogens with one attached hydrogen (secondary N) is 1. The molecule has 1 aliphatic rings. The third-order valence-electron chi connectivity index (χ3n) is 4.87. The van der Waals surface area contributed by atoms with Gasteiger partial charge in [-0.2, -0.15) is 0 Å². The Kier molecular flexibility index (Phi) is 4.72. The third-order valence-corrected chi connectivity index (χ3v) is 4.87. The van der Waals surface area contributed by atoms with E-state index < -0.39 is 17.6 Å². The zero-order valence-corrected chi connectivity index (χ0v) is 16.1. The quantitative estimate of drug-likeness (QED) is 0.653. The Hall–Kier alpha value is -3.73. The normalized spacial score (nSPS) is 14.0. The van der Waals surface area contributed by atoms with Gasteiger partial charge in [0.15, 0.2) is 0 Å². The van der Waals surface area contributed by atoms with E-state index in [9.17, 15) is 14.0 Å². The number of carbonyl (C=O) groups is 2. The molecule has 5 heteroatoms. The summed E-state index contributed by atoms with van der Waals surface area (Å²) in [5, 5.41) is 3.09. The molecule has 4 nitrogen and oxygen atoms in total. The zero-order chi connectivity index (χ0) is 20.5. The predicted octanol–water partition coefficient (Wildman–Crippen LogP) is 4.84. The first-order valence-corrected chi connectivity index (χ1v) is 9.24. The van der Waals surface area contributed by atoms with Crippen LogP contribution in [0.1, 0.15) is 16.7 Å². The lowest BCUT2D eigenvalue weighted by molar-refractivity contribution is -0.120. The van der Waals surface area contributed by atoms with E-state index in [1.807, 2.05) is 62.4 Å². The lowest BCUT2D eigenvalue weighted by Gasteiger charge is -2.18. The van der Waals surface area contributed by atoms with Crippen molar-refractivity contribution < 1.29 is 14.0 Å². The van der Waals surface area contributed by atoms with Gasteiger partial charge in [-0.05, 0) is 60.9 Å². The number of hydrogen-bond acceptors (Lipinski definition) is 3. The van der Waals surface area contributed by atoms with Crippen molar-refractivity contribution >= 4 is 28.8 Å². The first kappa shape index (κ1) is 18.6. The van der Waals surface area contributed by atoms with Gasteiger partial charge in [-0.25, -0.2) is 9.29 Å². The summed E-state index contributed by atoms with van der Waals surface area (Å²) in [5.41, 5.74) is 3.87. The van der Waals surface area contributed by atoms with Crippen molar-refractivity contribution in [1.82, 2.24) is 0 Å². The largest absolute Gasteiger partial charge is 0.350 e. The van der Waals surface area contributed by atoms with E-state index in [0.717, 1.165) is 11.1 Å². The van der Waals surface area contributed by atoms with Crippen LogP contribution in [-0.2, 0) is 9.59 Å². The van der Waals surface area contributed by atoms with Gasteiger partial charge in [-0.15, -0.1) is 0 Å². The van der Waals surface area contributed by atoms with E-state index in [2.05, 4.69) is 5.32 Å². The molecule has 0 spiro atoms. The maximum absolute atomic E-state index is 13.4. The molecule has 0 unspecified atom stereocenters. The van der Waals surface area contributed by atoms with Crippen LogP contribution < -0.4 is 10.2 Å². The van der Waals surface area contributed by atoms with Gasteiger partial charge in [0, 0.05) is 5.69 Å². The Morgan fingerprint density at radius 2 is 1.52 bits per heavy atom. The van der Waals surface area contributed by atoms with Gasteiger partial charge < -0.3 is 5.32 Å². The van der Waals surface area contributed by atoms with Crippen molar-refractivity contribution in [2.24, 2.45) is 0 Å². The van der Waals surface area contributed by atoms with Gasteiger partial charge in [0.25, 0.3) is 11.8 Å². The van der Waals surface area contributed by atoms with Crippen LogP contribution in [0.2, 0.25) is 0 Å². The molecule has 0 bridgehead atoms. The molecule has 3 aromatic carbocycles. The number of aryl methyl sites for hydroxylation is 2. The standard InChI is InChI=1S/C24H19FN2O2/c1-15-8-9-16(2)20(14-15)27-23(28)21(17-10-12-18(25)13-11-17)22(24(27)29)26-19-6-4-3-5-7-19/h3-14,26H,1-2H3. The number of anilines is 2. The van der Waals surface area contributed by atoms with Gasteiger partial charge in [0.05, 0.1) is 11.3 Å². The molecular weight excluding hydrogens is 367 g/mol. The summed E-state index contributed by atoms with van der Waals surface area (Å²) in [6, 6.07) is 20.4. The van der Waals surface area contributed by atoms with Crippen LogP contribution in [0.4, 0.5) is 15.8 Å². The molecule has 0 saturated heterocycles. The van der Waals surface area contributed by atoms with Crippen molar-refractivity contribution in [2.45, 2.75) is 13.8 Å². The molecule has 2 amide bonds. The average Bonchev–Trinajstić information content (AvgIpc) is 2.95. The monoisotopic (exact) mass is 386 g/mol. The number of benzene rings is 3. The van der Waals surface area contributed by atoms with Crippen molar-refractivity contribution in [1.29, 1.82) is 0 Å². The lowest BCUT2D eigenvalue weighted by atomic mass is 10.0. The second-order valence-electron chi connectivity index (χ2n) is 6.98. The third kappa shape index (κ3) is 3.43. The number of nitrogens with zero attached hydrogens (tertiary/aromatic N) is 1. The van der Waals surface area contributed by atoms with Crippen LogP contribution in [0.15, 0.2) is 78.5 Å². The maximum atomic E-state index is 13.4. The van der Waals surface area contributed by atoms with Gasteiger partial charge in [-0.1, -0.05) is 42.5 Å². The Bertz CT molecular complexity index is 1140.